The van der Waals surface area contributed by atoms with Crippen LogP contribution in [0.5, 0.6) is 0 Å². The maximum atomic E-state index is 12.6. The molecule has 3 aliphatic rings. The summed E-state index contributed by atoms with van der Waals surface area (Å²) in [4.78, 5) is 12.7. The molecule has 0 aliphatic heterocycles. The molecule has 1 aromatic rings. The van der Waals surface area contributed by atoms with E-state index in [0.717, 1.165) is 31.4 Å². The average Bonchev–Trinajstić information content (AvgIpc) is 3.32. The van der Waals surface area contributed by atoms with E-state index < -0.39 is 10.0 Å². The van der Waals surface area contributed by atoms with Gasteiger partial charge < -0.3 is 10.6 Å². The lowest BCUT2D eigenvalue weighted by Crippen LogP contribution is -2.49. The molecule has 4 rings (SSSR count). The van der Waals surface area contributed by atoms with Gasteiger partial charge in [0.15, 0.2) is 0 Å². The van der Waals surface area contributed by atoms with E-state index in [-0.39, 0.29) is 16.8 Å². The van der Waals surface area contributed by atoms with E-state index in [4.69, 9.17) is 0 Å². The summed E-state index contributed by atoms with van der Waals surface area (Å²) < 4.78 is 26.5. The van der Waals surface area contributed by atoms with E-state index in [9.17, 15) is 13.2 Å². The first-order valence-electron chi connectivity index (χ1n) is 9.06. The lowest BCUT2D eigenvalue weighted by Gasteiger charge is -2.54. The number of benzene rings is 1. The molecule has 0 radical (unpaired) electrons. The van der Waals surface area contributed by atoms with Gasteiger partial charge in [-0.1, -0.05) is 6.42 Å². The number of rotatable bonds is 6. The number of nitrogens with one attached hydrogen (secondary N) is 3. The summed E-state index contributed by atoms with van der Waals surface area (Å²) in [6.45, 7) is 0. The predicted octanol–water partition coefficient (Wildman–Crippen LogP) is 2.23. The van der Waals surface area contributed by atoms with Gasteiger partial charge in [-0.05, 0) is 69.2 Å². The molecular weight excluding hydrogens is 338 g/mol. The van der Waals surface area contributed by atoms with Crippen LogP contribution in [0.25, 0.3) is 0 Å². The number of carbonyl (C=O) groups excluding carboxylic acids is 1. The molecule has 1 aromatic carbocycles. The third-order valence-electron chi connectivity index (χ3n) is 5.86. The largest absolute Gasteiger partial charge is 0.382 e. The van der Waals surface area contributed by atoms with Crippen LogP contribution >= 0.6 is 0 Å². The number of carbonyl (C=O) groups is 1. The van der Waals surface area contributed by atoms with Crippen molar-refractivity contribution in [3.63, 3.8) is 0 Å². The minimum atomic E-state index is -3.58. The Labute approximate surface area is 148 Å². The van der Waals surface area contributed by atoms with E-state index >= 15 is 0 Å². The van der Waals surface area contributed by atoms with Gasteiger partial charge in [-0.2, -0.15) is 0 Å². The van der Waals surface area contributed by atoms with E-state index in [1.165, 1.54) is 32.4 Å². The Morgan fingerprint density at radius 1 is 1.16 bits per heavy atom. The zero-order valence-electron chi connectivity index (χ0n) is 14.5. The van der Waals surface area contributed by atoms with E-state index in [2.05, 4.69) is 15.4 Å². The molecule has 3 aliphatic carbocycles. The Morgan fingerprint density at radius 2 is 1.88 bits per heavy atom. The van der Waals surface area contributed by atoms with Crippen LogP contribution < -0.4 is 15.4 Å². The number of amides is 1. The molecule has 0 unspecified atom stereocenters. The number of anilines is 1. The molecule has 1 amide bonds. The molecular formula is C18H25N3O3S. The summed E-state index contributed by atoms with van der Waals surface area (Å²) in [7, 11) is -2.20. The van der Waals surface area contributed by atoms with Crippen molar-refractivity contribution >= 4 is 21.6 Å². The van der Waals surface area contributed by atoms with Crippen molar-refractivity contribution < 1.29 is 13.2 Å². The fourth-order valence-corrected chi connectivity index (χ4v) is 4.76. The molecule has 136 valence electrons. The van der Waals surface area contributed by atoms with Gasteiger partial charge in [0.1, 0.15) is 0 Å². The molecule has 0 aromatic heterocycles. The van der Waals surface area contributed by atoms with Gasteiger partial charge in [0.25, 0.3) is 5.91 Å². The second kappa shape index (κ2) is 5.99. The van der Waals surface area contributed by atoms with Gasteiger partial charge in [0.05, 0.1) is 10.5 Å². The van der Waals surface area contributed by atoms with Gasteiger partial charge in [0, 0.05) is 17.8 Å². The van der Waals surface area contributed by atoms with Gasteiger partial charge >= 0.3 is 0 Å². The zero-order chi connectivity index (χ0) is 17.7. The molecule has 1 spiro atoms. The third kappa shape index (κ3) is 3.27. The zero-order valence-corrected chi connectivity index (χ0v) is 15.3. The lowest BCUT2D eigenvalue weighted by molar-refractivity contribution is 0.0192. The third-order valence-corrected chi connectivity index (χ3v) is 7.27. The standard InChI is InChI=1S/C18H25N3O3S/c1-19-25(23,24)14-5-6-16(15(9-14)17(22)21-12-3-4-12)20-13-10-18(11-13)7-2-8-18/h5-6,9,12-13,19-20H,2-4,7-8,10-11H2,1H3,(H,21,22). The first-order valence-corrected chi connectivity index (χ1v) is 10.5. The van der Waals surface area contributed by atoms with E-state index in [1.54, 1.807) is 12.1 Å². The van der Waals surface area contributed by atoms with Crippen molar-refractivity contribution in [2.45, 2.75) is 61.9 Å². The van der Waals surface area contributed by atoms with Crippen molar-refractivity contribution in [1.29, 1.82) is 0 Å². The molecule has 0 bridgehead atoms. The van der Waals surface area contributed by atoms with Crippen molar-refractivity contribution in [2.24, 2.45) is 5.41 Å². The second-order valence-corrected chi connectivity index (χ2v) is 9.65. The van der Waals surface area contributed by atoms with Crippen LogP contribution in [-0.2, 0) is 10.0 Å². The van der Waals surface area contributed by atoms with Gasteiger partial charge in [0.2, 0.25) is 10.0 Å². The van der Waals surface area contributed by atoms with Crippen molar-refractivity contribution in [1.82, 2.24) is 10.0 Å². The van der Waals surface area contributed by atoms with Crippen LogP contribution in [0.15, 0.2) is 23.1 Å². The Kier molecular flexibility index (Phi) is 4.03. The van der Waals surface area contributed by atoms with Crippen molar-refractivity contribution in [3.8, 4) is 0 Å². The molecule has 3 saturated carbocycles. The normalized spacial score (nSPS) is 22.1. The van der Waals surface area contributed by atoms with Gasteiger partial charge in [-0.3, -0.25) is 4.79 Å². The van der Waals surface area contributed by atoms with E-state index in [0.29, 0.717) is 17.0 Å². The fourth-order valence-electron chi connectivity index (χ4n) is 4.01. The SMILES string of the molecule is CNS(=O)(=O)c1ccc(NC2CC3(CCC3)C2)c(C(=O)NC2CC2)c1. The number of hydrogen-bond acceptors (Lipinski definition) is 4. The molecule has 3 N–H and O–H groups in total. The van der Waals surface area contributed by atoms with Crippen LogP contribution in [0.4, 0.5) is 5.69 Å². The minimum Gasteiger partial charge on any atom is -0.382 e. The summed E-state index contributed by atoms with van der Waals surface area (Å²) in [6.07, 6.45) is 8.25. The highest BCUT2D eigenvalue weighted by atomic mass is 32.2. The number of hydrogen-bond donors (Lipinski definition) is 3. The topological polar surface area (TPSA) is 87.3 Å². The second-order valence-electron chi connectivity index (χ2n) is 7.77. The quantitative estimate of drug-likeness (QED) is 0.723. The molecule has 25 heavy (non-hydrogen) atoms. The Balaban J connectivity index is 1.56. The van der Waals surface area contributed by atoms with E-state index in [1.807, 2.05) is 0 Å². The smallest absolute Gasteiger partial charge is 0.253 e. The summed E-state index contributed by atoms with van der Waals surface area (Å²) in [5.74, 6) is -0.198. The van der Waals surface area contributed by atoms with Gasteiger partial charge in [-0.25, -0.2) is 13.1 Å². The maximum Gasteiger partial charge on any atom is 0.253 e. The first kappa shape index (κ1) is 16.8. The summed E-state index contributed by atoms with van der Waals surface area (Å²) >= 11 is 0. The highest BCUT2D eigenvalue weighted by Gasteiger charge is 2.48. The first-order chi connectivity index (χ1) is 11.9. The fraction of sp³-hybridized carbons (Fsp3) is 0.611. The maximum absolute atomic E-state index is 12.6. The summed E-state index contributed by atoms with van der Waals surface area (Å²) in [5, 5.41) is 6.43. The van der Waals surface area contributed by atoms with Gasteiger partial charge in [-0.15, -0.1) is 0 Å². The molecule has 3 fully saturated rings. The van der Waals surface area contributed by atoms with Crippen molar-refractivity contribution in [3.05, 3.63) is 23.8 Å². The van der Waals surface area contributed by atoms with Crippen LogP contribution in [0, 0.1) is 5.41 Å². The molecule has 0 atom stereocenters. The van der Waals surface area contributed by atoms with Crippen LogP contribution in [0.3, 0.4) is 0 Å². The Hall–Kier alpha value is -1.60. The van der Waals surface area contributed by atoms with Crippen LogP contribution in [-0.4, -0.2) is 33.5 Å². The summed E-state index contributed by atoms with van der Waals surface area (Å²) in [6, 6.07) is 5.35. The Morgan fingerprint density at radius 3 is 2.44 bits per heavy atom. The average molecular weight is 363 g/mol. The van der Waals surface area contributed by atoms with Crippen LogP contribution in [0.1, 0.15) is 55.3 Å². The molecule has 7 heteroatoms. The molecule has 0 heterocycles. The van der Waals surface area contributed by atoms with Crippen molar-refractivity contribution in [2.75, 3.05) is 12.4 Å². The monoisotopic (exact) mass is 363 g/mol. The molecule has 0 saturated heterocycles. The predicted molar refractivity (Wildman–Crippen MR) is 96.1 cm³/mol. The lowest BCUT2D eigenvalue weighted by atomic mass is 9.54. The highest BCUT2D eigenvalue weighted by Crippen LogP contribution is 2.56. The Bertz CT molecular complexity index is 790. The molecule has 6 nitrogen and oxygen atoms in total. The summed E-state index contributed by atoms with van der Waals surface area (Å²) in [5.41, 5.74) is 1.69. The highest BCUT2D eigenvalue weighted by molar-refractivity contribution is 7.89. The minimum absolute atomic E-state index is 0.116. The number of sulfonamides is 1. The van der Waals surface area contributed by atoms with Crippen LogP contribution in [0.2, 0.25) is 0 Å².